The highest BCUT2D eigenvalue weighted by Gasteiger charge is 2.19. The highest BCUT2D eigenvalue weighted by atomic mass is 16.5. The number of amides is 1. The second-order valence-electron chi connectivity index (χ2n) is 7.04. The number of aryl methyl sites for hydroxylation is 1. The summed E-state index contributed by atoms with van der Waals surface area (Å²) in [5.74, 6) is 0.734. The summed E-state index contributed by atoms with van der Waals surface area (Å²) in [5, 5.41) is 8.26. The van der Waals surface area contributed by atoms with Crippen molar-refractivity contribution in [1.82, 2.24) is 25.1 Å². The van der Waals surface area contributed by atoms with Gasteiger partial charge in [-0.1, -0.05) is 29.8 Å². The Bertz CT molecular complexity index is 962. The molecule has 0 saturated carbocycles. The van der Waals surface area contributed by atoms with Crippen LogP contribution in [0.5, 0.6) is 0 Å². The fraction of sp³-hybridized carbons (Fsp3) is 0.400. The van der Waals surface area contributed by atoms with Crippen molar-refractivity contribution in [3.8, 4) is 0 Å². The van der Waals surface area contributed by atoms with Crippen LogP contribution in [-0.2, 0) is 16.1 Å². The van der Waals surface area contributed by atoms with Crippen molar-refractivity contribution < 1.29 is 9.53 Å². The smallest absolute Gasteiger partial charge is 0.242 e. The second kappa shape index (κ2) is 7.93. The maximum atomic E-state index is 12.5. The molecule has 0 spiro atoms. The summed E-state index contributed by atoms with van der Waals surface area (Å²) >= 11 is 0. The fourth-order valence-corrected chi connectivity index (χ4v) is 3.39. The minimum atomic E-state index is -0.107. The molecule has 1 amide bonds. The number of anilines is 1. The normalized spacial score (nSPS) is 15.6. The van der Waals surface area contributed by atoms with Gasteiger partial charge in [-0.05, 0) is 19.4 Å². The van der Waals surface area contributed by atoms with E-state index in [0.717, 1.165) is 29.9 Å². The molecule has 1 fully saturated rings. The highest BCUT2D eigenvalue weighted by Crippen LogP contribution is 2.23. The predicted molar refractivity (Wildman–Crippen MR) is 106 cm³/mol. The minimum absolute atomic E-state index is 0.0755. The average Bonchev–Trinajstić information content (AvgIpc) is 3.12. The van der Waals surface area contributed by atoms with Gasteiger partial charge in [-0.2, -0.15) is 5.10 Å². The van der Waals surface area contributed by atoms with E-state index in [1.807, 2.05) is 38.1 Å². The molecule has 3 aromatic rings. The predicted octanol–water partition coefficient (Wildman–Crippen LogP) is 1.85. The van der Waals surface area contributed by atoms with Crippen LogP contribution in [0, 0.1) is 6.92 Å². The Morgan fingerprint density at radius 2 is 1.96 bits per heavy atom. The molecule has 8 heteroatoms. The molecule has 0 radical (unpaired) electrons. The van der Waals surface area contributed by atoms with Crippen LogP contribution in [-0.4, -0.2) is 52.0 Å². The number of ether oxygens (including phenoxy) is 1. The Hall–Kier alpha value is -3.00. The lowest BCUT2D eigenvalue weighted by molar-refractivity contribution is -0.122. The van der Waals surface area contributed by atoms with Gasteiger partial charge in [0, 0.05) is 13.1 Å². The van der Waals surface area contributed by atoms with E-state index in [9.17, 15) is 4.79 Å². The largest absolute Gasteiger partial charge is 0.378 e. The summed E-state index contributed by atoms with van der Waals surface area (Å²) < 4.78 is 7.04. The molecule has 3 heterocycles. The monoisotopic (exact) mass is 380 g/mol. The molecule has 8 nitrogen and oxygen atoms in total. The van der Waals surface area contributed by atoms with Crippen molar-refractivity contribution in [3.05, 3.63) is 47.9 Å². The van der Waals surface area contributed by atoms with Gasteiger partial charge in [0.1, 0.15) is 18.7 Å². The van der Waals surface area contributed by atoms with E-state index in [0.29, 0.717) is 18.9 Å². The summed E-state index contributed by atoms with van der Waals surface area (Å²) in [6, 6.07) is 8.08. The third kappa shape index (κ3) is 3.82. The molecular weight excluding hydrogens is 356 g/mol. The van der Waals surface area contributed by atoms with E-state index in [-0.39, 0.29) is 18.5 Å². The second-order valence-corrected chi connectivity index (χ2v) is 7.04. The standard InChI is InChI=1S/C20H24N6O2/c1-14-3-5-16(6-4-14)15(2)24-18(27)12-26-20-17(11-23-26)19(21-13-22-20)25-7-9-28-10-8-25/h3-6,11,13,15H,7-10,12H2,1-2H3,(H,24,27)/t15-/m1/s1. The van der Waals surface area contributed by atoms with Crippen molar-refractivity contribution in [2.75, 3.05) is 31.2 Å². The first-order chi connectivity index (χ1) is 13.6. The molecule has 1 aliphatic rings. The first-order valence-electron chi connectivity index (χ1n) is 9.47. The number of carbonyl (C=O) groups is 1. The SMILES string of the molecule is Cc1ccc([C@@H](C)NC(=O)Cn2ncc3c(N4CCOCC4)ncnc32)cc1. The topological polar surface area (TPSA) is 85.2 Å². The minimum Gasteiger partial charge on any atom is -0.378 e. The Morgan fingerprint density at radius 3 is 2.71 bits per heavy atom. The maximum Gasteiger partial charge on any atom is 0.242 e. The third-order valence-electron chi connectivity index (χ3n) is 4.97. The number of aromatic nitrogens is 4. The van der Waals surface area contributed by atoms with Crippen LogP contribution in [0.2, 0.25) is 0 Å². The van der Waals surface area contributed by atoms with Crippen LogP contribution in [0.15, 0.2) is 36.8 Å². The van der Waals surface area contributed by atoms with Gasteiger partial charge in [0.15, 0.2) is 5.65 Å². The summed E-state index contributed by atoms with van der Waals surface area (Å²) in [4.78, 5) is 23.5. The molecule has 1 saturated heterocycles. The highest BCUT2D eigenvalue weighted by molar-refractivity contribution is 5.88. The number of benzene rings is 1. The summed E-state index contributed by atoms with van der Waals surface area (Å²) in [5.41, 5.74) is 2.93. The summed E-state index contributed by atoms with van der Waals surface area (Å²) in [7, 11) is 0. The molecule has 1 N–H and O–H groups in total. The number of nitrogens with one attached hydrogen (secondary N) is 1. The van der Waals surface area contributed by atoms with Crippen molar-refractivity contribution in [1.29, 1.82) is 0 Å². The average molecular weight is 380 g/mol. The zero-order valence-corrected chi connectivity index (χ0v) is 16.1. The van der Waals surface area contributed by atoms with E-state index in [4.69, 9.17) is 4.74 Å². The van der Waals surface area contributed by atoms with Gasteiger partial charge < -0.3 is 15.0 Å². The molecular formula is C20H24N6O2. The molecule has 1 aromatic carbocycles. The van der Waals surface area contributed by atoms with Crippen molar-refractivity contribution in [2.24, 2.45) is 0 Å². The van der Waals surface area contributed by atoms with Crippen LogP contribution < -0.4 is 10.2 Å². The van der Waals surface area contributed by atoms with E-state index >= 15 is 0 Å². The number of nitrogens with zero attached hydrogens (tertiary/aromatic N) is 5. The lowest BCUT2D eigenvalue weighted by Gasteiger charge is -2.27. The number of morpholine rings is 1. The van der Waals surface area contributed by atoms with Crippen LogP contribution in [0.3, 0.4) is 0 Å². The number of hydrogen-bond acceptors (Lipinski definition) is 6. The van der Waals surface area contributed by atoms with E-state index in [1.54, 1.807) is 10.9 Å². The van der Waals surface area contributed by atoms with Gasteiger partial charge in [0.25, 0.3) is 0 Å². The number of fused-ring (bicyclic) bond motifs is 1. The van der Waals surface area contributed by atoms with Crippen molar-refractivity contribution in [2.45, 2.75) is 26.4 Å². The fourth-order valence-electron chi connectivity index (χ4n) is 3.39. The molecule has 0 aliphatic carbocycles. The molecule has 1 atom stereocenters. The molecule has 1 aliphatic heterocycles. The van der Waals surface area contributed by atoms with Crippen molar-refractivity contribution >= 4 is 22.8 Å². The quantitative estimate of drug-likeness (QED) is 0.727. The van der Waals surface area contributed by atoms with Gasteiger partial charge >= 0.3 is 0 Å². The molecule has 4 rings (SSSR count). The van der Waals surface area contributed by atoms with Gasteiger partial charge in [-0.25, -0.2) is 14.6 Å². The first kappa shape index (κ1) is 18.4. The Labute approximate surface area is 163 Å². The Morgan fingerprint density at radius 1 is 1.21 bits per heavy atom. The first-order valence-corrected chi connectivity index (χ1v) is 9.47. The number of hydrogen-bond donors (Lipinski definition) is 1. The Balaban J connectivity index is 1.48. The molecule has 0 bridgehead atoms. The van der Waals surface area contributed by atoms with Crippen molar-refractivity contribution in [3.63, 3.8) is 0 Å². The van der Waals surface area contributed by atoms with Gasteiger partial charge in [0.2, 0.25) is 5.91 Å². The zero-order valence-electron chi connectivity index (χ0n) is 16.1. The van der Waals surface area contributed by atoms with E-state index < -0.39 is 0 Å². The molecule has 28 heavy (non-hydrogen) atoms. The third-order valence-corrected chi connectivity index (χ3v) is 4.97. The molecule has 2 aromatic heterocycles. The summed E-state index contributed by atoms with van der Waals surface area (Å²) in [6.07, 6.45) is 3.26. The van der Waals surface area contributed by atoms with Crippen LogP contribution in [0.25, 0.3) is 11.0 Å². The molecule has 146 valence electrons. The van der Waals surface area contributed by atoms with Gasteiger partial charge in [0.05, 0.1) is 30.8 Å². The Kier molecular flexibility index (Phi) is 5.21. The van der Waals surface area contributed by atoms with Crippen LogP contribution in [0.1, 0.15) is 24.1 Å². The van der Waals surface area contributed by atoms with Gasteiger partial charge in [-0.15, -0.1) is 0 Å². The summed E-state index contributed by atoms with van der Waals surface area (Å²) in [6.45, 7) is 7.06. The lowest BCUT2D eigenvalue weighted by atomic mass is 10.1. The number of rotatable bonds is 5. The van der Waals surface area contributed by atoms with Crippen LogP contribution >= 0.6 is 0 Å². The zero-order chi connectivity index (χ0) is 19.5. The van der Waals surface area contributed by atoms with E-state index in [2.05, 4.69) is 25.3 Å². The number of carbonyl (C=O) groups excluding carboxylic acids is 1. The molecule has 0 unspecified atom stereocenters. The van der Waals surface area contributed by atoms with E-state index in [1.165, 1.54) is 11.9 Å². The lowest BCUT2D eigenvalue weighted by Crippen LogP contribution is -2.36. The van der Waals surface area contributed by atoms with Crippen LogP contribution in [0.4, 0.5) is 5.82 Å². The van der Waals surface area contributed by atoms with Gasteiger partial charge in [-0.3, -0.25) is 4.79 Å². The maximum absolute atomic E-state index is 12.5.